The standard InChI is InChI=1S/C11H13N3OS/c1-8-6-16-7-9(8)5-13-10-11(15)14(2)4-3-12-10/h3-4,6-7H,5H2,1-2H3,(H,12,13). The third-order valence-electron chi connectivity index (χ3n) is 2.42. The van der Waals surface area contributed by atoms with E-state index in [0.717, 1.165) is 0 Å². The fourth-order valence-corrected chi connectivity index (χ4v) is 2.22. The van der Waals surface area contributed by atoms with Crippen LogP contribution in [0.25, 0.3) is 0 Å². The Kier molecular flexibility index (Phi) is 3.05. The molecule has 0 aliphatic heterocycles. The molecule has 0 spiro atoms. The number of hydrogen-bond donors (Lipinski definition) is 1. The van der Waals surface area contributed by atoms with Gasteiger partial charge in [-0.05, 0) is 28.8 Å². The Bertz CT molecular complexity index is 544. The van der Waals surface area contributed by atoms with E-state index < -0.39 is 0 Å². The molecule has 0 radical (unpaired) electrons. The van der Waals surface area contributed by atoms with E-state index in [0.29, 0.717) is 12.4 Å². The van der Waals surface area contributed by atoms with Crippen molar-refractivity contribution in [2.75, 3.05) is 5.32 Å². The van der Waals surface area contributed by atoms with Crippen LogP contribution in [0.1, 0.15) is 11.1 Å². The van der Waals surface area contributed by atoms with Crippen LogP contribution < -0.4 is 10.9 Å². The molecule has 0 atom stereocenters. The molecule has 2 rings (SSSR count). The van der Waals surface area contributed by atoms with Gasteiger partial charge < -0.3 is 9.88 Å². The van der Waals surface area contributed by atoms with Crippen LogP contribution in [-0.2, 0) is 13.6 Å². The van der Waals surface area contributed by atoms with Gasteiger partial charge in [0.05, 0.1) is 0 Å². The predicted octanol–water partition coefficient (Wildman–Crippen LogP) is 1.76. The first-order valence-electron chi connectivity index (χ1n) is 4.95. The van der Waals surface area contributed by atoms with E-state index >= 15 is 0 Å². The van der Waals surface area contributed by atoms with Gasteiger partial charge in [-0.25, -0.2) is 4.98 Å². The van der Waals surface area contributed by atoms with Gasteiger partial charge in [0.2, 0.25) is 0 Å². The van der Waals surface area contributed by atoms with E-state index in [2.05, 4.69) is 28.0 Å². The zero-order valence-electron chi connectivity index (χ0n) is 9.23. The lowest BCUT2D eigenvalue weighted by Gasteiger charge is -2.05. The van der Waals surface area contributed by atoms with Gasteiger partial charge in [-0.2, -0.15) is 11.3 Å². The van der Waals surface area contributed by atoms with Crippen LogP contribution >= 0.6 is 11.3 Å². The quantitative estimate of drug-likeness (QED) is 0.881. The molecule has 0 bridgehead atoms. The molecule has 0 aliphatic carbocycles. The van der Waals surface area contributed by atoms with Crippen molar-refractivity contribution >= 4 is 17.2 Å². The fourth-order valence-electron chi connectivity index (χ4n) is 1.37. The summed E-state index contributed by atoms with van der Waals surface area (Å²) in [6.45, 7) is 2.70. The number of thiophene rings is 1. The number of rotatable bonds is 3. The Balaban J connectivity index is 2.14. The summed E-state index contributed by atoms with van der Waals surface area (Å²) in [5.41, 5.74) is 2.35. The minimum atomic E-state index is -0.101. The molecular weight excluding hydrogens is 222 g/mol. The second-order valence-corrected chi connectivity index (χ2v) is 4.37. The van der Waals surface area contributed by atoms with Gasteiger partial charge in [0.1, 0.15) is 0 Å². The molecule has 0 saturated heterocycles. The monoisotopic (exact) mass is 235 g/mol. The number of aryl methyl sites for hydroxylation is 2. The molecular formula is C11H13N3OS. The molecule has 1 N–H and O–H groups in total. The van der Waals surface area contributed by atoms with E-state index in [1.807, 2.05) is 0 Å². The smallest absolute Gasteiger partial charge is 0.293 e. The molecule has 2 aromatic rings. The third-order valence-corrected chi connectivity index (χ3v) is 3.33. The topological polar surface area (TPSA) is 46.9 Å². The Morgan fingerprint density at radius 2 is 2.31 bits per heavy atom. The highest BCUT2D eigenvalue weighted by Crippen LogP contribution is 2.14. The van der Waals surface area contributed by atoms with Crippen molar-refractivity contribution in [2.24, 2.45) is 7.05 Å². The molecule has 0 unspecified atom stereocenters. The maximum atomic E-state index is 11.7. The van der Waals surface area contributed by atoms with Crippen LogP contribution in [0, 0.1) is 6.92 Å². The van der Waals surface area contributed by atoms with Crippen LogP contribution in [-0.4, -0.2) is 9.55 Å². The first kappa shape index (κ1) is 10.9. The van der Waals surface area contributed by atoms with Crippen LogP contribution in [0.4, 0.5) is 5.82 Å². The van der Waals surface area contributed by atoms with Gasteiger partial charge in [-0.3, -0.25) is 4.79 Å². The Hall–Kier alpha value is -1.62. The molecule has 2 heterocycles. The molecule has 84 valence electrons. The summed E-state index contributed by atoms with van der Waals surface area (Å²) >= 11 is 1.66. The van der Waals surface area contributed by atoms with Gasteiger partial charge >= 0.3 is 0 Å². The Morgan fingerprint density at radius 1 is 1.50 bits per heavy atom. The van der Waals surface area contributed by atoms with Gasteiger partial charge in [-0.15, -0.1) is 0 Å². The van der Waals surface area contributed by atoms with Crippen molar-refractivity contribution in [3.05, 3.63) is 44.6 Å². The highest BCUT2D eigenvalue weighted by molar-refractivity contribution is 7.08. The van der Waals surface area contributed by atoms with Crippen molar-refractivity contribution in [3.63, 3.8) is 0 Å². The molecule has 0 aliphatic rings. The number of nitrogens with zero attached hydrogens (tertiary/aromatic N) is 2. The van der Waals surface area contributed by atoms with E-state index in [1.165, 1.54) is 15.7 Å². The Morgan fingerprint density at radius 3 is 3.00 bits per heavy atom. The number of nitrogens with one attached hydrogen (secondary N) is 1. The zero-order chi connectivity index (χ0) is 11.5. The predicted molar refractivity (Wildman–Crippen MR) is 65.9 cm³/mol. The summed E-state index contributed by atoms with van der Waals surface area (Å²) in [5, 5.41) is 7.23. The average Bonchev–Trinajstić information content (AvgIpc) is 2.67. The summed E-state index contributed by atoms with van der Waals surface area (Å²) < 4.78 is 1.51. The molecule has 0 saturated carbocycles. The largest absolute Gasteiger partial charge is 0.361 e. The summed E-state index contributed by atoms with van der Waals surface area (Å²) in [6.07, 6.45) is 3.26. The average molecular weight is 235 g/mol. The van der Waals surface area contributed by atoms with Crippen molar-refractivity contribution in [1.82, 2.24) is 9.55 Å². The molecule has 16 heavy (non-hydrogen) atoms. The van der Waals surface area contributed by atoms with Crippen molar-refractivity contribution in [3.8, 4) is 0 Å². The van der Waals surface area contributed by atoms with Gasteiger partial charge in [0.25, 0.3) is 5.56 Å². The molecule has 5 heteroatoms. The molecule has 0 aromatic carbocycles. The maximum Gasteiger partial charge on any atom is 0.293 e. The summed E-state index contributed by atoms with van der Waals surface area (Å²) in [7, 11) is 1.71. The summed E-state index contributed by atoms with van der Waals surface area (Å²) in [5.74, 6) is 0.399. The van der Waals surface area contributed by atoms with E-state index in [1.54, 1.807) is 30.8 Å². The minimum absolute atomic E-state index is 0.101. The SMILES string of the molecule is Cc1cscc1CNc1nccn(C)c1=O. The lowest BCUT2D eigenvalue weighted by Crippen LogP contribution is -2.21. The zero-order valence-corrected chi connectivity index (χ0v) is 10.0. The second-order valence-electron chi connectivity index (χ2n) is 3.63. The van der Waals surface area contributed by atoms with Gasteiger partial charge in [0.15, 0.2) is 5.82 Å². The minimum Gasteiger partial charge on any atom is -0.361 e. The van der Waals surface area contributed by atoms with E-state index in [9.17, 15) is 4.79 Å². The highest BCUT2D eigenvalue weighted by atomic mass is 32.1. The summed E-state index contributed by atoms with van der Waals surface area (Å²) in [4.78, 5) is 15.7. The lowest BCUT2D eigenvalue weighted by molar-refractivity contribution is 0.839. The van der Waals surface area contributed by atoms with E-state index in [4.69, 9.17) is 0 Å². The normalized spacial score (nSPS) is 10.4. The third kappa shape index (κ3) is 2.14. The number of anilines is 1. The molecule has 0 fully saturated rings. The first-order valence-corrected chi connectivity index (χ1v) is 5.90. The molecule has 4 nitrogen and oxygen atoms in total. The van der Waals surface area contributed by atoms with Crippen LogP contribution in [0.2, 0.25) is 0 Å². The maximum absolute atomic E-state index is 11.7. The fraction of sp³-hybridized carbons (Fsp3) is 0.273. The first-order chi connectivity index (χ1) is 7.68. The van der Waals surface area contributed by atoms with Crippen molar-refractivity contribution in [2.45, 2.75) is 13.5 Å². The van der Waals surface area contributed by atoms with Crippen molar-refractivity contribution < 1.29 is 0 Å². The summed E-state index contributed by atoms with van der Waals surface area (Å²) in [6, 6.07) is 0. The number of aromatic nitrogens is 2. The lowest BCUT2D eigenvalue weighted by atomic mass is 10.2. The molecule has 0 amide bonds. The van der Waals surface area contributed by atoms with Crippen LogP contribution in [0.5, 0.6) is 0 Å². The molecule has 2 aromatic heterocycles. The Labute approximate surface area is 97.6 Å². The highest BCUT2D eigenvalue weighted by Gasteiger charge is 2.03. The van der Waals surface area contributed by atoms with E-state index in [-0.39, 0.29) is 5.56 Å². The second kappa shape index (κ2) is 4.49. The van der Waals surface area contributed by atoms with Crippen LogP contribution in [0.15, 0.2) is 27.9 Å². The van der Waals surface area contributed by atoms with Gasteiger partial charge in [0, 0.05) is 26.0 Å². The number of hydrogen-bond acceptors (Lipinski definition) is 4. The van der Waals surface area contributed by atoms with Crippen LogP contribution in [0.3, 0.4) is 0 Å². The van der Waals surface area contributed by atoms with Crippen molar-refractivity contribution in [1.29, 1.82) is 0 Å². The van der Waals surface area contributed by atoms with Gasteiger partial charge in [-0.1, -0.05) is 0 Å².